The Morgan fingerprint density at radius 3 is 2.12 bits per heavy atom. The van der Waals surface area contributed by atoms with Gasteiger partial charge in [0, 0.05) is 20.6 Å². The monoisotopic (exact) mass is 496 g/mol. The van der Waals surface area contributed by atoms with Crippen molar-refractivity contribution in [2.75, 3.05) is 5.32 Å². The largest absolute Gasteiger partial charge is 0.419 e. The molecule has 0 amide bonds. The van der Waals surface area contributed by atoms with Crippen LogP contribution in [0.4, 0.5) is 5.88 Å². The van der Waals surface area contributed by atoms with Crippen LogP contribution in [0.25, 0.3) is 11.5 Å². The van der Waals surface area contributed by atoms with Gasteiger partial charge >= 0.3 is 0 Å². The van der Waals surface area contributed by atoms with Gasteiger partial charge in [0.15, 0.2) is 0 Å². The Balaban J connectivity index is 1.80. The number of hydrogen-bond donors (Lipinski definition) is 1. The lowest BCUT2D eigenvalue weighted by atomic mass is 10.2. The van der Waals surface area contributed by atoms with Crippen molar-refractivity contribution in [3.63, 3.8) is 0 Å². The quantitative estimate of drug-likeness (QED) is 0.519. The maximum absolute atomic E-state index is 13.1. The number of sulfone groups is 1. The molecule has 3 aromatic rings. The van der Waals surface area contributed by atoms with Crippen LogP contribution in [0.3, 0.4) is 0 Å². The minimum atomic E-state index is -3.80. The van der Waals surface area contributed by atoms with Crippen molar-refractivity contribution >= 4 is 47.6 Å². The van der Waals surface area contributed by atoms with Gasteiger partial charge in [0.1, 0.15) is 0 Å². The lowest BCUT2D eigenvalue weighted by molar-refractivity contribution is 0.576. The predicted octanol–water partition coefficient (Wildman–Crippen LogP) is 5.27. The summed E-state index contributed by atoms with van der Waals surface area (Å²) in [6, 6.07) is 14.1. The van der Waals surface area contributed by atoms with Gasteiger partial charge in [-0.25, -0.2) is 8.42 Å². The summed E-state index contributed by atoms with van der Waals surface area (Å²) in [5.74, 6) is 0.477. The van der Waals surface area contributed by atoms with Gasteiger partial charge in [-0.3, -0.25) is 0 Å². The lowest BCUT2D eigenvalue weighted by Gasteiger charge is -2.05. The maximum Gasteiger partial charge on any atom is 0.234 e. The van der Waals surface area contributed by atoms with Crippen LogP contribution in [0.15, 0.2) is 71.8 Å². The molecule has 1 saturated carbocycles. The lowest BCUT2D eigenvalue weighted by Crippen LogP contribution is -2.08. The topological polar surface area (TPSA) is 72.2 Å². The Hall–Kier alpha value is -1.64. The first-order valence-corrected chi connectivity index (χ1v) is 11.0. The van der Waals surface area contributed by atoms with Crippen molar-refractivity contribution in [2.24, 2.45) is 0 Å². The average Bonchev–Trinajstić information content (AvgIpc) is 3.32. The van der Waals surface area contributed by atoms with Crippen molar-refractivity contribution in [3.8, 4) is 11.5 Å². The zero-order chi connectivity index (χ0) is 18.3. The molecule has 0 atom stereocenters. The summed E-state index contributed by atoms with van der Waals surface area (Å²) in [4.78, 5) is 4.49. The van der Waals surface area contributed by atoms with Gasteiger partial charge in [-0.2, -0.15) is 4.98 Å². The van der Waals surface area contributed by atoms with E-state index in [-0.39, 0.29) is 27.7 Å². The molecule has 0 spiro atoms. The van der Waals surface area contributed by atoms with Crippen LogP contribution in [-0.2, 0) is 9.84 Å². The molecule has 1 aliphatic rings. The summed E-state index contributed by atoms with van der Waals surface area (Å²) >= 11 is 6.70. The minimum Gasteiger partial charge on any atom is -0.419 e. The highest BCUT2D eigenvalue weighted by Gasteiger charge is 2.32. The summed E-state index contributed by atoms with van der Waals surface area (Å²) in [6.07, 6.45) is 1.98. The number of anilines is 1. The van der Waals surface area contributed by atoms with E-state index in [1.54, 1.807) is 24.3 Å². The van der Waals surface area contributed by atoms with E-state index >= 15 is 0 Å². The molecule has 5 nitrogen and oxygen atoms in total. The van der Waals surface area contributed by atoms with Crippen LogP contribution in [0.1, 0.15) is 12.8 Å². The summed E-state index contributed by atoms with van der Waals surface area (Å²) in [6.45, 7) is 0. The maximum atomic E-state index is 13.1. The van der Waals surface area contributed by atoms with Gasteiger partial charge in [-0.1, -0.05) is 31.9 Å². The second kappa shape index (κ2) is 6.83. The molecule has 1 aromatic heterocycles. The Morgan fingerprint density at radius 1 is 0.962 bits per heavy atom. The third-order valence-electron chi connectivity index (χ3n) is 3.98. The Bertz CT molecular complexity index is 1040. The third-order valence-corrected chi connectivity index (χ3v) is 6.71. The number of rotatable bonds is 5. The fourth-order valence-corrected chi connectivity index (χ4v) is 4.23. The molecule has 1 aliphatic carbocycles. The molecular formula is C18H14Br2N2O3S. The number of halogens is 2. The molecule has 0 saturated heterocycles. The SMILES string of the molecule is O=S(=O)(c1ccc(Br)cc1)c1nc(-c2ccc(Br)cc2)oc1NC1CC1. The fraction of sp³-hybridized carbons (Fsp3) is 0.167. The number of aromatic nitrogens is 1. The number of nitrogens with one attached hydrogen (secondary N) is 1. The van der Waals surface area contributed by atoms with Gasteiger partial charge in [0.25, 0.3) is 0 Å². The van der Waals surface area contributed by atoms with Crippen LogP contribution >= 0.6 is 31.9 Å². The van der Waals surface area contributed by atoms with Crippen LogP contribution in [0.2, 0.25) is 0 Å². The van der Waals surface area contributed by atoms with Crippen LogP contribution in [0.5, 0.6) is 0 Å². The average molecular weight is 498 g/mol. The van der Waals surface area contributed by atoms with E-state index in [0.717, 1.165) is 21.8 Å². The van der Waals surface area contributed by atoms with Crippen molar-refractivity contribution in [1.82, 2.24) is 4.98 Å². The van der Waals surface area contributed by atoms with Gasteiger partial charge in [-0.15, -0.1) is 0 Å². The summed E-state index contributed by atoms with van der Waals surface area (Å²) < 4.78 is 33.7. The highest BCUT2D eigenvalue weighted by molar-refractivity contribution is 9.10. The first-order valence-electron chi connectivity index (χ1n) is 7.97. The van der Waals surface area contributed by atoms with Gasteiger partial charge in [0.2, 0.25) is 26.6 Å². The molecule has 0 radical (unpaired) electrons. The van der Waals surface area contributed by atoms with E-state index in [4.69, 9.17) is 4.42 Å². The fourth-order valence-electron chi connectivity index (χ4n) is 2.43. The standard InChI is InChI=1S/C18H14Br2N2O3S/c19-12-3-1-11(2-4-12)16-22-18(17(25-16)21-14-7-8-14)26(23,24)15-9-5-13(20)6-10-15/h1-6,9-10,14,21H,7-8H2. The predicted molar refractivity (Wildman–Crippen MR) is 106 cm³/mol. The molecule has 1 fully saturated rings. The van der Waals surface area contributed by atoms with Crippen molar-refractivity contribution in [1.29, 1.82) is 0 Å². The molecule has 134 valence electrons. The van der Waals surface area contributed by atoms with Crippen LogP contribution < -0.4 is 5.32 Å². The number of nitrogens with zero attached hydrogens (tertiary/aromatic N) is 1. The first kappa shape index (κ1) is 17.8. The smallest absolute Gasteiger partial charge is 0.234 e. The zero-order valence-corrected chi connectivity index (χ0v) is 17.4. The Morgan fingerprint density at radius 2 is 1.54 bits per heavy atom. The number of hydrogen-bond acceptors (Lipinski definition) is 5. The van der Waals surface area contributed by atoms with E-state index in [2.05, 4.69) is 42.2 Å². The molecule has 26 heavy (non-hydrogen) atoms. The molecule has 0 aliphatic heterocycles. The first-order chi connectivity index (χ1) is 12.4. The van der Waals surface area contributed by atoms with E-state index in [9.17, 15) is 8.42 Å². The number of benzene rings is 2. The van der Waals surface area contributed by atoms with E-state index in [1.807, 2.05) is 24.3 Å². The van der Waals surface area contributed by atoms with Crippen molar-refractivity contribution in [3.05, 3.63) is 57.5 Å². The molecule has 1 heterocycles. The van der Waals surface area contributed by atoms with Gasteiger partial charge < -0.3 is 9.73 Å². The molecular weight excluding hydrogens is 484 g/mol. The zero-order valence-electron chi connectivity index (χ0n) is 13.4. The second-order valence-corrected chi connectivity index (χ2v) is 9.73. The Labute approximate surface area is 168 Å². The van der Waals surface area contributed by atoms with E-state index in [1.165, 1.54) is 0 Å². The minimum absolute atomic E-state index is 0.0790. The summed E-state index contributed by atoms with van der Waals surface area (Å²) in [5, 5.41) is 3.07. The normalized spacial score (nSPS) is 14.4. The second-order valence-electron chi connectivity index (χ2n) is 6.04. The van der Waals surface area contributed by atoms with Crippen LogP contribution in [-0.4, -0.2) is 19.4 Å². The van der Waals surface area contributed by atoms with Crippen molar-refractivity contribution < 1.29 is 12.8 Å². The highest BCUT2D eigenvalue weighted by Crippen LogP contribution is 2.35. The third kappa shape index (κ3) is 3.58. The number of oxazole rings is 1. The molecule has 4 rings (SSSR count). The van der Waals surface area contributed by atoms with Gasteiger partial charge in [0.05, 0.1) is 4.90 Å². The molecule has 0 unspecified atom stereocenters. The van der Waals surface area contributed by atoms with Crippen LogP contribution in [0, 0.1) is 0 Å². The molecule has 1 N–H and O–H groups in total. The molecule has 0 bridgehead atoms. The summed E-state index contributed by atoms with van der Waals surface area (Å²) in [7, 11) is -3.80. The molecule has 8 heteroatoms. The van der Waals surface area contributed by atoms with Gasteiger partial charge in [-0.05, 0) is 61.4 Å². The van der Waals surface area contributed by atoms with E-state index < -0.39 is 9.84 Å². The Kier molecular flexibility index (Phi) is 4.66. The molecule has 2 aromatic carbocycles. The van der Waals surface area contributed by atoms with E-state index in [0.29, 0.717) is 5.56 Å². The highest BCUT2D eigenvalue weighted by atomic mass is 79.9. The van der Waals surface area contributed by atoms with Crippen molar-refractivity contribution in [2.45, 2.75) is 28.8 Å². The summed E-state index contributed by atoms with van der Waals surface area (Å²) in [5.41, 5.74) is 0.712.